The Morgan fingerprint density at radius 1 is 1.31 bits per heavy atom. The summed E-state index contributed by atoms with van der Waals surface area (Å²) in [6.45, 7) is 3.79. The molecule has 0 aliphatic heterocycles. The molecule has 1 amide bonds. The molecule has 0 atom stereocenters. The lowest BCUT2D eigenvalue weighted by Gasteiger charge is -2.27. The molecule has 0 saturated heterocycles. The fourth-order valence-electron chi connectivity index (χ4n) is 2.49. The van der Waals surface area contributed by atoms with E-state index in [1.54, 1.807) is 23.5 Å². The summed E-state index contributed by atoms with van der Waals surface area (Å²) in [5, 5.41) is 9.01. The normalized spacial score (nSPS) is 11.5. The van der Waals surface area contributed by atoms with Gasteiger partial charge in [0, 0.05) is 11.8 Å². The number of nitrogens with zero attached hydrogens (tertiary/aromatic N) is 1. The van der Waals surface area contributed by atoms with Crippen molar-refractivity contribution in [1.82, 2.24) is 10.5 Å². The molecular weight excluding hydrogens is 371 g/mol. The average molecular weight is 391 g/mol. The molecule has 2 aromatic heterocycles. The summed E-state index contributed by atoms with van der Waals surface area (Å²) in [4.78, 5) is 13.3. The first-order valence-corrected chi connectivity index (χ1v) is 10.1. The van der Waals surface area contributed by atoms with Crippen LogP contribution in [0.2, 0.25) is 0 Å². The van der Waals surface area contributed by atoms with Crippen LogP contribution in [0.15, 0.2) is 52.4 Å². The minimum Gasteiger partial charge on any atom is -0.355 e. The SMILES string of the molecule is CC(C)(NC(=O)CSCc1cc(-c2cccs2)on1)c1ccc(F)cc1. The van der Waals surface area contributed by atoms with Crippen molar-refractivity contribution in [2.45, 2.75) is 25.1 Å². The number of hydrogen-bond acceptors (Lipinski definition) is 5. The molecule has 0 spiro atoms. The summed E-state index contributed by atoms with van der Waals surface area (Å²) < 4.78 is 18.4. The summed E-state index contributed by atoms with van der Waals surface area (Å²) >= 11 is 3.07. The predicted molar refractivity (Wildman–Crippen MR) is 104 cm³/mol. The fraction of sp³-hybridized carbons (Fsp3) is 0.263. The molecule has 0 saturated carbocycles. The second-order valence-corrected chi connectivity index (χ2v) is 8.27. The zero-order chi connectivity index (χ0) is 18.6. The van der Waals surface area contributed by atoms with Gasteiger partial charge in [0.15, 0.2) is 5.76 Å². The van der Waals surface area contributed by atoms with Crippen molar-refractivity contribution >= 4 is 29.0 Å². The van der Waals surface area contributed by atoms with Gasteiger partial charge >= 0.3 is 0 Å². The highest BCUT2D eigenvalue weighted by molar-refractivity contribution is 7.99. The van der Waals surface area contributed by atoms with Gasteiger partial charge in [-0.2, -0.15) is 0 Å². The lowest BCUT2D eigenvalue weighted by Crippen LogP contribution is -2.41. The third-order valence-corrected chi connectivity index (χ3v) is 5.67. The van der Waals surface area contributed by atoms with Crippen molar-refractivity contribution in [2.24, 2.45) is 0 Å². The number of halogens is 1. The maximum absolute atomic E-state index is 13.1. The van der Waals surface area contributed by atoms with Gasteiger partial charge in [0.05, 0.1) is 21.9 Å². The molecule has 0 fully saturated rings. The maximum Gasteiger partial charge on any atom is 0.230 e. The first kappa shape index (κ1) is 18.7. The van der Waals surface area contributed by atoms with Gasteiger partial charge in [0.25, 0.3) is 0 Å². The lowest BCUT2D eigenvalue weighted by atomic mass is 9.94. The number of carbonyl (C=O) groups excluding carboxylic acids is 1. The molecule has 0 radical (unpaired) electrons. The molecule has 136 valence electrons. The molecule has 3 rings (SSSR count). The van der Waals surface area contributed by atoms with Crippen LogP contribution in [0.3, 0.4) is 0 Å². The Kier molecular flexibility index (Phi) is 5.78. The van der Waals surface area contributed by atoms with Crippen LogP contribution in [-0.2, 0) is 16.1 Å². The third kappa shape index (κ3) is 4.74. The first-order valence-electron chi connectivity index (χ1n) is 8.08. The van der Waals surface area contributed by atoms with Crippen LogP contribution in [0.4, 0.5) is 4.39 Å². The van der Waals surface area contributed by atoms with E-state index < -0.39 is 5.54 Å². The minimum atomic E-state index is -0.564. The molecule has 0 unspecified atom stereocenters. The van der Waals surface area contributed by atoms with Crippen LogP contribution >= 0.6 is 23.1 Å². The van der Waals surface area contributed by atoms with Crippen LogP contribution in [0, 0.1) is 5.82 Å². The minimum absolute atomic E-state index is 0.0775. The Morgan fingerprint density at radius 3 is 2.77 bits per heavy atom. The third-order valence-electron chi connectivity index (χ3n) is 3.82. The van der Waals surface area contributed by atoms with Gasteiger partial charge in [-0.15, -0.1) is 23.1 Å². The van der Waals surface area contributed by atoms with Crippen LogP contribution in [-0.4, -0.2) is 16.8 Å². The zero-order valence-electron chi connectivity index (χ0n) is 14.5. The quantitative estimate of drug-likeness (QED) is 0.628. The highest BCUT2D eigenvalue weighted by Crippen LogP contribution is 2.26. The van der Waals surface area contributed by atoms with Crippen molar-refractivity contribution in [3.05, 3.63) is 64.9 Å². The predicted octanol–water partition coefficient (Wildman–Crippen LogP) is 4.83. The van der Waals surface area contributed by atoms with Crippen LogP contribution in [0.5, 0.6) is 0 Å². The van der Waals surface area contributed by atoms with Gasteiger partial charge in [0.2, 0.25) is 5.91 Å². The second kappa shape index (κ2) is 8.05. The monoisotopic (exact) mass is 390 g/mol. The number of carbonyl (C=O) groups is 1. The van der Waals surface area contributed by atoms with E-state index in [1.807, 2.05) is 37.4 Å². The number of amides is 1. The Hall–Kier alpha value is -2.12. The maximum atomic E-state index is 13.1. The second-order valence-electron chi connectivity index (χ2n) is 6.33. The van der Waals surface area contributed by atoms with Crippen molar-refractivity contribution < 1.29 is 13.7 Å². The number of hydrogen-bond donors (Lipinski definition) is 1. The molecule has 3 aromatic rings. The number of thioether (sulfide) groups is 1. The van der Waals surface area contributed by atoms with E-state index in [0.29, 0.717) is 11.5 Å². The molecular formula is C19H19FN2O2S2. The van der Waals surface area contributed by atoms with Gasteiger partial charge in [0.1, 0.15) is 5.82 Å². The van der Waals surface area contributed by atoms with Crippen molar-refractivity contribution in [1.29, 1.82) is 0 Å². The van der Waals surface area contributed by atoms with E-state index in [4.69, 9.17) is 4.52 Å². The highest BCUT2D eigenvalue weighted by Gasteiger charge is 2.22. The standard InChI is InChI=1S/C19H19FN2O2S2/c1-19(2,13-5-7-14(20)8-6-13)21-18(23)12-25-11-15-10-16(24-22-15)17-4-3-9-26-17/h3-10H,11-12H2,1-2H3,(H,21,23). The zero-order valence-corrected chi connectivity index (χ0v) is 16.1. The van der Waals surface area contributed by atoms with Gasteiger partial charge in [-0.1, -0.05) is 23.4 Å². The van der Waals surface area contributed by atoms with Crippen molar-refractivity contribution in [3.8, 4) is 10.6 Å². The highest BCUT2D eigenvalue weighted by atomic mass is 32.2. The summed E-state index contributed by atoms with van der Waals surface area (Å²) in [6, 6.07) is 12.0. The molecule has 4 nitrogen and oxygen atoms in total. The van der Waals surface area contributed by atoms with E-state index in [-0.39, 0.29) is 11.7 Å². The van der Waals surface area contributed by atoms with Crippen LogP contribution < -0.4 is 5.32 Å². The Balaban J connectivity index is 1.49. The lowest BCUT2D eigenvalue weighted by molar-refractivity contribution is -0.120. The smallest absolute Gasteiger partial charge is 0.230 e. The topological polar surface area (TPSA) is 55.1 Å². The van der Waals surface area contributed by atoms with E-state index in [1.165, 1.54) is 23.9 Å². The van der Waals surface area contributed by atoms with Gasteiger partial charge in [-0.25, -0.2) is 4.39 Å². The van der Waals surface area contributed by atoms with Crippen LogP contribution in [0.25, 0.3) is 10.6 Å². The summed E-state index contributed by atoms with van der Waals surface area (Å²) in [5.41, 5.74) is 1.10. The molecule has 0 aliphatic carbocycles. The molecule has 26 heavy (non-hydrogen) atoms. The molecule has 0 aliphatic rings. The van der Waals surface area contributed by atoms with Crippen LogP contribution in [0.1, 0.15) is 25.1 Å². The number of rotatable bonds is 7. The van der Waals surface area contributed by atoms with Gasteiger partial charge in [-0.05, 0) is 43.0 Å². The molecule has 7 heteroatoms. The van der Waals surface area contributed by atoms with Crippen molar-refractivity contribution in [2.75, 3.05) is 5.75 Å². The van der Waals surface area contributed by atoms with E-state index in [9.17, 15) is 9.18 Å². The van der Waals surface area contributed by atoms with Gasteiger partial charge < -0.3 is 9.84 Å². The first-order chi connectivity index (χ1) is 12.4. The van der Waals surface area contributed by atoms with Crippen molar-refractivity contribution in [3.63, 3.8) is 0 Å². The molecule has 0 bridgehead atoms. The number of nitrogens with one attached hydrogen (secondary N) is 1. The largest absolute Gasteiger partial charge is 0.355 e. The number of benzene rings is 1. The van der Waals surface area contributed by atoms with E-state index >= 15 is 0 Å². The Labute approximate surface area is 159 Å². The molecule has 1 aromatic carbocycles. The summed E-state index contributed by atoms with van der Waals surface area (Å²) in [6.07, 6.45) is 0. The number of thiophene rings is 1. The van der Waals surface area contributed by atoms with E-state index in [2.05, 4.69) is 10.5 Å². The van der Waals surface area contributed by atoms with E-state index in [0.717, 1.165) is 21.9 Å². The number of aromatic nitrogens is 1. The molecule has 2 heterocycles. The fourth-order valence-corrected chi connectivity index (χ4v) is 3.86. The summed E-state index contributed by atoms with van der Waals surface area (Å²) in [5.74, 6) is 1.29. The van der Waals surface area contributed by atoms with Gasteiger partial charge in [-0.3, -0.25) is 4.79 Å². The summed E-state index contributed by atoms with van der Waals surface area (Å²) in [7, 11) is 0. The average Bonchev–Trinajstić information content (AvgIpc) is 3.26. The Morgan fingerprint density at radius 2 is 2.08 bits per heavy atom. The molecule has 1 N–H and O–H groups in total. The Bertz CT molecular complexity index is 858.